The SMILES string of the molecule is c1cc2c(cc1N1CCN3CCNCC3C1)OCO2. The van der Waals surface area contributed by atoms with Gasteiger partial charge in [0.25, 0.3) is 0 Å². The zero-order valence-corrected chi connectivity index (χ0v) is 11.0. The van der Waals surface area contributed by atoms with Crippen LogP contribution in [0.1, 0.15) is 0 Å². The Hall–Kier alpha value is -1.46. The summed E-state index contributed by atoms with van der Waals surface area (Å²) in [6.45, 7) is 7.09. The maximum absolute atomic E-state index is 5.46. The standard InChI is InChI=1S/C14H19N3O2/c1-2-13-14(19-10-18-13)7-11(1)17-6-5-16-4-3-15-8-12(16)9-17/h1-2,7,12,15H,3-6,8-10H2. The summed E-state index contributed by atoms with van der Waals surface area (Å²) in [5.41, 5.74) is 1.24. The summed E-state index contributed by atoms with van der Waals surface area (Å²) >= 11 is 0. The van der Waals surface area contributed by atoms with Crippen molar-refractivity contribution in [2.75, 3.05) is 51.0 Å². The smallest absolute Gasteiger partial charge is 0.231 e. The van der Waals surface area contributed by atoms with Crippen molar-refractivity contribution in [2.24, 2.45) is 0 Å². The van der Waals surface area contributed by atoms with Gasteiger partial charge in [-0.25, -0.2) is 0 Å². The van der Waals surface area contributed by atoms with E-state index in [1.807, 2.05) is 6.07 Å². The number of nitrogens with one attached hydrogen (secondary N) is 1. The molecule has 3 heterocycles. The molecule has 0 saturated carbocycles. The van der Waals surface area contributed by atoms with Crippen LogP contribution in [0.4, 0.5) is 5.69 Å². The fourth-order valence-corrected chi connectivity index (χ4v) is 3.19. The number of hydrogen-bond acceptors (Lipinski definition) is 5. The Morgan fingerprint density at radius 2 is 2.05 bits per heavy atom. The van der Waals surface area contributed by atoms with Gasteiger partial charge in [0.15, 0.2) is 11.5 Å². The van der Waals surface area contributed by atoms with E-state index in [-0.39, 0.29) is 0 Å². The first-order valence-corrected chi connectivity index (χ1v) is 6.99. The first-order valence-electron chi connectivity index (χ1n) is 6.99. The van der Waals surface area contributed by atoms with E-state index in [2.05, 4.69) is 27.2 Å². The topological polar surface area (TPSA) is 37.0 Å². The first-order chi connectivity index (χ1) is 9.40. The Morgan fingerprint density at radius 1 is 1.11 bits per heavy atom. The minimum Gasteiger partial charge on any atom is -0.454 e. The lowest BCUT2D eigenvalue weighted by atomic mass is 10.1. The summed E-state index contributed by atoms with van der Waals surface area (Å²) in [6.07, 6.45) is 0. The van der Waals surface area contributed by atoms with Gasteiger partial charge in [0.05, 0.1) is 0 Å². The molecule has 4 rings (SSSR count). The molecule has 2 saturated heterocycles. The summed E-state index contributed by atoms with van der Waals surface area (Å²) in [5.74, 6) is 1.74. The second-order valence-electron chi connectivity index (χ2n) is 5.38. The average molecular weight is 261 g/mol. The van der Waals surface area contributed by atoms with Crippen LogP contribution in [-0.4, -0.2) is 57.0 Å². The summed E-state index contributed by atoms with van der Waals surface area (Å²) in [6, 6.07) is 6.89. The van der Waals surface area contributed by atoms with Crippen LogP contribution in [0.5, 0.6) is 11.5 Å². The molecule has 3 aliphatic heterocycles. The minimum atomic E-state index is 0.346. The van der Waals surface area contributed by atoms with Crippen LogP contribution in [0.15, 0.2) is 18.2 Å². The summed E-state index contributed by atoms with van der Waals surface area (Å²) in [7, 11) is 0. The van der Waals surface area contributed by atoms with Crippen molar-refractivity contribution in [2.45, 2.75) is 6.04 Å². The molecule has 0 radical (unpaired) electrons. The number of hydrogen-bond donors (Lipinski definition) is 1. The molecule has 1 N–H and O–H groups in total. The highest BCUT2D eigenvalue weighted by Gasteiger charge is 2.29. The van der Waals surface area contributed by atoms with Gasteiger partial charge >= 0.3 is 0 Å². The van der Waals surface area contributed by atoms with Crippen LogP contribution in [-0.2, 0) is 0 Å². The number of nitrogens with zero attached hydrogens (tertiary/aromatic N) is 2. The quantitative estimate of drug-likeness (QED) is 0.797. The highest BCUT2D eigenvalue weighted by atomic mass is 16.7. The molecule has 0 aliphatic carbocycles. The van der Waals surface area contributed by atoms with E-state index in [0.717, 1.165) is 44.2 Å². The summed E-state index contributed by atoms with van der Waals surface area (Å²) in [4.78, 5) is 5.05. The molecule has 19 heavy (non-hydrogen) atoms. The lowest BCUT2D eigenvalue weighted by molar-refractivity contribution is 0.146. The van der Waals surface area contributed by atoms with Crippen molar-refractivity contribution in [1.82, 2.24) is 10.2 Å². The van der Waals surface area contributed by atoms with Crippen molar-refractivity contribution in [3.63, 3.8) is 0 Å². The number of ether oxygens (including phenoxy) is 2. The van der Waals surface area contributed by atoms with Gasteiger partial charge in [-0.1, -0.05) is 0 Å². The Morgan fingerprint density at radius 3 is 3.05 bits per heavy atom. The van der Waals surface area contributed by atoms with Crippen LogP contribution >= 0.6 is 0 Å². The zero-order chi connectivity index (χ0) is 12.7. The second-order valence-corrected chi connectivity index (χ2v) is 5.38. The predicted octanol–water partition coefficient (Wildman–Crippen LogP) is 0.509. The number of anilines is 1. The molecule has 0 amide bonds. The third-order valence-electron chi connectivity index (χ3n) is 4.28. The Labute approximate surface area is 113 Å². The van der Waals surface area contributed by atoms with Crippen LogP contribution in [0.3, 0.4) is 0 Å². The lowest BCUT2D eigenvalue weighted by Gasteiger charge is -2.45. The fourth-order valence-electron chi connectivity index (χ4n) is 3.19. The molecule has 0 bridgehead atoms. The van der Waals surface area contributed by atoms with Crippen LogP contribution in [0.25, 0.3) is 0 Å². The molecule has 1 aromatic rings. The Balaban J connectivity index is 1.53. The molecule has 102 valence electrons. The van der Waals surface area contributed by atoms with Crippen molar-refractivity contribution < 1.29 is 9.47 Å². The second kappa shape index (κ2) is 4.58. The van der Waals surface area contributed by atoms with E-state index in [4.69, 9.17) is 9.47 Å². The third-order valence-corrected chi connectivity index (χ3v) is 4.28. The van der Waals surface area contributed by atoms with Crippen LogP contribution in [0, 0.1) is 0 Å². The molecule has 5 nitrogen and oxygen atoms in total. The molecular formula is C14H19N3O2. The third kappa shape index (κ3) is 2.03. The maximum Gasteiger partial charge on any atom is 0.231 e. The molecular weight excluding hydrogens is 242 g/mol. The van der Waals surface area contributed by atoms with Crippen molar-refractivity contribution in [3.05, 3.63) is 18.2 Å². The van der Waals surface area contributed by atoms with Crippen molar-refractivity contribution >= 4 is 5.69 Å². The number of rotatable bonds is 1. The normalized spacial score (nSPS) is 26.3. The molecule has 1 aromatic carbocycles. The van der Waals surface area contributed by atoms with Crippen LogP contribution in [0.2, 0.25) is 0 Å². The Bertz CT molecular complexity index is 480. The van der Waals surface area contributed by atoms with Gasteiger partial charge in [-0.05, 0) is 12.1 Å². The molecule has 2 fully saturated rings. The number of fused-ring (bicyclic) bond motifs is 2. The Kier molecular flexibility index (Phi) is 2.74. The summed E-state index contributed by atoms with van der Waals surface area (Å²) in [5, 5.41) is 3.48. The van der Waals surface area contributed by atoms with Gasteiger partial charge in [0, 0.05) is 57.1 Å². The highest BCUT2D eigenvalue weighted by Crippen LogP contribution is 2.36. The molecule has 1 unspecified atom stereocenters. The van der Waals surface area contributed by atoms with E-state index in [9.17, 15) is 0 Å². The van der Waals surface area contributed by atoms with E-state index >= 15 is 0 Å². The van der Waals surface area contributed by atoms with Crippen LogP contribution < -0.4 is 19.7 Å². The summed E-state index contributed by atoms with van der Waals surface area (Å²) < 4.78 is 10.8. The number of benzene rings is 1. The first kappa shape index (κ1) is 11.4. The van der Waals surface area contributed by atoms with Gasteiger partial charge in [-0.2, -0.15) is 0 Å². The van der Waals surface area contributed by atoms with Gasteiger partial charge in [0.2, 0.25) is 6.79 Å². The van der Waals surface area contributed by atoms with Crippen molar-refractivity contribution in [1.29, 1.82) is 0 Å². The van der Waals surface area contributed by atoms with E-state index < -0.39 is 0 Å². The molecule has 3 aliphatic rings. The maximum atomic E-state index is 5.46. The van der Waals surface area contributed by atoms with E-state index in [1.165, 1.54) is 12.2 Å². The largest absolute Gasteiger partial charge is 0.454 e. The van der Waals surface area contributed by atoms with Gasteiger partial charge in [-0.15, -0.1) is 0 Å². The van der Waals surface area contributed by atoms with Crippen molar-refractivity contribution in [3.8, 4) is 11.5 Å². The fraction of sp³-hybridized carbons (Fsp3) is 0.571. The highest BCUT2D eigenvalue weighted by molar-refractivity contribution is 5.57. The molecule has 0 aromatic heterocycles. The molecule has 1 atom stereocenters. The van der Waals surface area contributed by atoms with E-state index in [1.54, 1.807) is 0 Å². The predicted molar refractivity (Wildman–Crippen MR) is 73.0 cm³/mol. The van der Waals surface area contributed by atoms with Gasteiger partial charge in [0.1, 0.15) is 0 Å². The van der Waals surface area contributed by atoms with Gasteiger partial charge in [-0.3, -0.25) is 4.90 Å². The zero-order valence-electron chi connectivity index (χ0n) is 11.0. The minimum absolute atomic E-state index is 0.346. The average Bonchev–Trinajstić information content (AvgIpc) is 2.94. The lowest BCUT2D eigenvalue weighted by Crippen LogP contribution is -2.61. The monoisotopic (exact) mass is 261 g/mol. The van der Waals surface area contributed by atoms with Gasteiger partial charge < -0.3 is 19.7 Å². The van der Waals surface area contributed by atoms with E-state index in [0.29, 0.717) is 12.8 Å². The molecule has 5 heteroatoms. The molecule has 0 spiro atoms. The number of piperazine rings is 2.